The first-order chi connectivity index (χ1) is 10.8. The Bertz CT molecular complexity index is 482. The van der Waals surface area contributed by atoms with Crippen molar-refractivity contribution >= 4 is 0 Å². The van der Waals surface area contributed by atoms with Gasteiger partial charge in [0.15, 0.2) is 0 Å². The molecule has 1 aliphatic heterocycles. The van der Waals surface area contributed by atoms with Crippen LogP contribution in [0.3, 0.4) is 0 Å². The molecule has 122 valence electrons. The van der Waals surface area contributed by atoms with Crippen molar-refractivity contribution in [3.8, 4) is 5.75 Å². The molecule has 0 amide bonds. The molecule has 0 spiro atoms. The second kappa shape index (κ2) is 7.47. The third-order valence-electron chi connectivity index (χ3n) is 5.22. The van der Waals surface area contributed by atoms with E-state index in [0.29, 0.717) is 17.9 Å². The van der Waals surface area contributed by atoms with Gasteiger partial charge in [0, 0.05) is 19.2 Å². The van der Waals surface area contributed by atoms with Crippen LogP contribution in [0.1, 0.15) is 50.2 Å². The summed E-state index contributed by atoms with van der Waals surface area (Å²) in [5.41, 5.74) is 2.52. The van der Waals surface area contributed by atoms with Gasteiger partial charge in [0.2, 0.25) is 0 Å². The zero-order chi connectivity index (χ0) is 15.4. The SMILES string of the molecule is CCCN(CCC1CCCO1)[C@H]1CCc2c(O)cccc2C1. The molecule has 0 aromatic heterocycles. The highest BCUT2D eigenvalue weighted by atomic mass is 16.5. The van der Waals surface area contributed by atoms with E-state index >= 15 is 0 Å². The van der Waals surface area contributed by atoms with Crippen LogP contribution in [0.2, 0.25) is 0 Å². The fourth-order valence-electron chi connectivity index (χ4n) is 4.03. The Morgan fingerprint density at radius 2 is 2.18 bits per heavy atom. The third-order valence-corrected chi connectivity index (χ3v) is 5.22. The predicted molar refractivity (Wildman–Crippen MR) is 89.4 cm³/mol. The van der Waals surface area contributed by atoms with E-state index in [9.17, 15) is 5.11 Å². The average Bonchev–Trinajstić information content (AvgIpc) is 3.05. The van der Waals surface area contributed by atoms with Crippen LogP contribution in [0.5, 0.6) is 5.75 Å². The molecule has 1 heterocycles. The monoisotopic (exact) mass is 303 g/mol. The van der Waals surface area contributed by atoms with Crippen molar-refractivity contribution in [1.29, 1.82) is 0 Å². The average molecular weight is 303 g/mol. The maximum absolute atomic E-state index is 10.0. The van der Waals surface area contributed by atoms with Gasteiger partial charge in [-0.3, -0.25) is 4.90 Å². The molecule has 1 fully saturated rings. The number of benzene rings is 1. The van der Waals surface area contributed by atoms with Crippen molar-refractivity contribution in [2.24, 2.45) is 0 Å². The van der Waals surface area contributed by atoms with Crippen LogP contribution in [0.4, 0.5) is 0 Å². The smallest absolute Gasteiger partial charge is 0.119 e. The molecule has 22 heavy (non-hydrogen) atoms. The Hall–Kier alpha value is -1.06. The summed E-state index contributed by atoms with van der Waals surface area (Å²) < 4.78 is 5.78. The molecule has 0 bridgehead atoms. The largest absolute Gasteiger partial charge is 0.508 e. The highest BCUT2D eigenvalue weighted by Gasteiger charge is 2.26. The van der Waals surface area contributed by atoms with Crippen molar-refractivity contribution in [3.63, 3.8) is 0 Å². The van der Waals surface area contributed by atoms with Gasteiger partial charge in [0.05, 0.1) is 6.10 Å². The molecule has 2 atom stereocenters. The number of aromatic hydroxyl groups is 1. The van der Waals surface area contributed by atoms with Gasteiger partial charge >= 0.3 is 0 Å². The van der Waals surface area contributed by atoms with E-state index in [1.165, 1.54) is 43.4 Å². The zero-order valence-electron chi connectivity index (χ0n) is 13.8. The first kappa shape index (κ1) is 15.8. The van der Waals surface area contributed by atoms with Gasteiger partial charge in [0.25, 0.3) is 0 Å². The van der Waals surface area contributed by atoms with E-state index in [0.717, 1.165) is 32.4 Å². The van der Waals surface area contributed by atoms with Gasteiger partial charge < -0.3 is 9.84 Å². The zero-order valence-corrected chi connectivity index (χ0v) is 13.8. The molecule has 3 nitrogen and oxygen atoms in total. The van der Waals surface area contributed by atoms with Gasteiger partial charge in [0.1, 0.15) is 5.75 Å². The van der Waals surface area contributed by atoms with Gasteiger partial charge in [-0.05, 0) is 68.7 Å². The Kier molecular flexibility index (Phi) is 5.37. The molecule has 1 saturated heterocycles. The molecule has 1 aromatic rings. The number of hydrogen-bond acceptors (Lipinski definition) is 3. The number of phenolic OH excluding ortho intramolecular Hbond substituents is 1. The minimum absolute atomic E-state index is 0.484. The first-order valence-corrected chi connectivity index (χ1v) is 8.93. The van der Waals surface area contributed by atoms with Gasteiger partial charge in [-0.15, -0.1) is 0 Å². The maximum atomic E-state index is 10.0. The number of rotatable bonds is 6. The standard InChI is InChI=1S/C19H29NO2/c1-2-11-20(12-10-17-6-4-13-22-17)16-8-9-18-15(14-16)5-3-7-19(18)21/h3,5,7,16-17,21H,2,4,6,8-14H2,1H3/t16-,17?/m0/s1. The number of hydrogen-bond donors (Lipinski definition) is 1. The Morgan fingerprint density at radius 3 is 2.95 bits per heavy atom. The second-order valence-electron chi connectivity index (χ2n) is 6.77. The molecule has 0 radical (unpaired) electrons. The quantitative estimate of drug-likeness (QED) is 0.872. The summed E-state index contributed by atoms with van der Waals surface area (Å²) >= 11 is 0. The number of nitrogens with zero attached hydrogens (tertiary/aromatic N) is 1. The molecule has 3 heteroatoms. The topological polar surface area (TPSA) is 32.7 Å². The van der Waals surface area contributed by atoms with Crippen LogP contribution < -0.4 is 0 Å². The summed E-state index contributed by atoms with van der Waals surface area (Å²) in [4.78, 5) is 2.66. The third kappa shape index (κ3) is 3.64. The molecule has 1 unspecified atom stereocenters. The van der Waals surface area contributed by atoms with E-state index in [1.807, 2.05) is 12.1 Å². The van der Waals surface area contributed by atoms with E-state index in [2.05, 4.69) is 17.9 Å². The summed E-state index contributed by atoms with van der Waals surface area (Å²) in [5, 5.41) is 10.0. The molecule has 1 aliphatic carbocycles. The normalized spacial score (nSPS) is 24.6. The molecule has 3 rings (SSSR count). The van der Waals surface area contributed by atoms with Crippen LogP contribution in [-0.2, 0) is 17.6 Å². The maximum Gasteiger partial charge on any atom is 0.119 e. The Balaban J connectivity index is 1.62. The highest BCUT2D eigenvalue weighted by Crippen LogP contribution is 2.31. The van der Waals surface area contributed by atoms with Gasteiger partial charge in [-0.1, -0.05) is 19.1 Å². The minimum Gasteiger partial charge on any atom is -0.508 e. The van der Waals surface area contributed by atoms with Crippen molar-refractivity contribution < 1.29 is 9.84 Å². The summed E-state index contributed by atoms with van der Waals surface area (Å²) in [7, 11) is 0. The number of phenols is 1. The van der Waals surface area contributed by atoms with Crippen molar-refractivity contribution in [2.75, 3.05) is 19.7 Å². The molecule has 0 saturated carbocycles. The van der Waals surface area contributed by atoms with Crippen LogP contribution in [0.25, 0.3) is 0 Å². The fraction of sp³-hybridized carbons (Fsp3) is 0.684. The van der Waals surface area contributed by atoms with Crippen LogP contribution in [-0.4, -0.2) is 41.8 Å². The summed E-state index contributed by atoms with van der Waals surface area (Å²) in [6.45, 7) is 5.54. The summed E-state index contributed by atoms with van der Waals surface area (Å²) in [6, 6.07) is 6.61. The Labute approximate surface area is 134 Å². The number of ether oxygens (including phenoxy) is 1. The summed E-state index contributed by atoms with van der Waals surface area (Å²) in [5.74, 6) is 0.484. The van der Waals surface area contributed by atoms with E-state index in [4.69, 9.17) is 4.74 Å². The molecular formula is C19H29NO2. The van der Waals surface area contributed by atoms with E-state index in [1.54, 1.807) is 0 Å². The van der Waals surface area contributed by atoms with Crippen LogP contribution in [0.15, 0.2) is 18.2 Å². The molecule has 1 N–H and O–H groups in total. The fourth-order valence-corrected chi connectivity index (χ4v) is 4.03. The molecular weight excluding hydrogens is 274 g/mol. The van der Waals surface area contributed by atoms with E-state index in [-0.39, 0.29) is 0 Å². The van der Waals surface area contributed by atoms with Crippen molar-refractivity contribution in [1.82, 2.24) is 4.90 Å². The lowest BCUT2D eigenvalue weighted by Gasteiger charge is -2.35. The Morgan fingerprint density at radius 1 is 1.27 bits per heavy atom. The van der Waals surface area contributed by atoms with Gasteiger partial charge in [-0.25, -0.2) is 0 Å². The first-order valence-electron chi connectivity index (χ1n) is 8.93. The van der Waals surface area contributed by atoms with Crippen LogP contribution in [0, 0.1) is 0 Å². The summed E-state index contributed by atoms with van der Waals surface area (Å²) in [6.07, 6.45) is 8.58. The predicted octanol–water partition coefficient (Wildman–Crippen LogP) is 3.53. The minimum atomic E-state index is 0.484. The van der Waals surface area contributed by atoms with E-state index < -0.39 is 0 Å². The van der Waals surface area contributed by atoms with Gasteiger partial charge in [-0.2, -0.15) is 0 Å². The molecule has 1 aromatic carbocycles. The lowest BCUT2D eigenvalue weighted by atomic mass is 9.86. The van der Waals surface area contributed by atoms with Crippen molar-refractivity contribution in [2.45, 2.75) is 64.0 Å². The highest BCUT2D eigenvalue weighted by molar-refractivity contribution is 5.41. The second-order valence-corrected chi connectivity index (χ2v) is 6.77. The number of fused-ring (bicyclic) bond motifs is 1. The molecule has 2 aliphatic rings. The lowest BCUT2D eigenvalue weighted by Crippen LogP contribution is -2.41. The van der Waals surface area contributed by atoms with Crippen molar-refractivity contribution in [3.05, 3.63) is 29.3 Å². The van der Waals surface area contributed by atoms with Crippen LogP contribution >= 0.6 is 0 Å². The lowest BCUT2D eigenvalue weighted by molar-refractivity contribution is 0.0818.